The van der Waals surface area contributed by atoms with E-state index in [-0.39, 0.29) is 0 Å². The summed E-state index contributed by atoms with van der Waals surface area (Å²) in [7, 11) is 0. The summed E-state index contributed by atoms with van der Waals surface area (Å²) in [4.78, 5) is 2.36. The van der Waals surface area contributed by atoms with Crippen LogP contribution >= 0.6 is 0 Å². The van der Waals surface area contributed by atoms with Gasteiger partial charge in [0, 0.05) is 6.04 Å². The average molecular weight is 194 g/mol. The zero-order chi connectivity index (χ0) is 10.6. The fourth-order valence-corrected chi connectivity index (χ4v) is 2.30. The molecule has 1 atom stereocenters. The lowest BCUT2D eigenvalue weighted by molar-refractivity contribution is 0.124. The van der Waals surface area contributed by atoms with Crippen molar-refractivity contribution in [3.05, 3.63) is 0 Å². The van der Waals surface area contributed by atoms with Crippen molar-refractivity contribution in [2.24, 2.45) is 5.41 Å². The summed E-state index contributed by atoms with van der Waals surface area (Å²) >= 11 is 0. The van der Waals surface area contributed by atoms with E-state index in [9.17, 15) is 0 Å². The molecule has 0 saturated carbocycles. The average Bonchev–Trinajstić information content (AvgIpc) is 2.06. The summed E-state index contributed by atoms with van der Waals surface area (Å²) in [6.07, 6.45) is 5.10. The minimum Gasteiger partial charge on any atom is -0.288 e. The Balaban J connectivity index is 2.50. The van der Waals surface area contributed by atoms with Crippen molar-refractivity contribution in [1.29, 1.82) is 5.26 Å². The Morgan fingerprint density at radius 2 is 2.07 bits per heavy atom. The summed E-state index contributed by atoms with van der Waals surface area (Å²) < 4.78 is 0. The van der Waals surface area contributed by atoms with Gasteiger partial charge in [-0.3, -0.25) is 4.90 Å². The molecule has 0 aromatic heterocycles. The second-order valence-electron chi connectivity index (χ2n) is 5.54. The molecule has 1 aliphatic heterocycles. The van der Waals surface area contributed by atoms with Crippen molar-refractivity contribution in [3.8, 4) is 6.07 Å². The van der Waals surface area contributed by atoms with Gasteiger partial charge in [-0.25, -0.2) is 0 Å². The first-order valence-corrected chi connectivity index (χ1v) is 5.64. The molecule has 1 fully saturated rings. The van der Waals surface area contributed by atoms with Crippen LogP contribution < -0.4 is 0 Å². The van der Waals surface area contributed by atoms with Crippen LogP contribution in [0.3, 0.4) is 0 Å². The lowest BCUT2D eigenvalue weighted by atomic mass is 9.84. The molecular formula is C12H22N2. The van der Waals surface area contributed by atoms with Gasteiger partial charge in [0.15, 0.2) is 0 Å². The molecule has 0 spiro atoms. The maximum absolute atomic E-state index is 8.74. The third kappa shape index (κ3) is 3.67. The first-order valence-electron chi connectivity index (χ1n) is 5.64. The summed E-state index contributed by atoms with van der Waals surface area (Å²) in [5, 5.41) is 8.74. The minimum absolute atomic E-state index is 0.385. The quantitative estimate of drug-likeness (QED) is 0.632. The van der Waals surface area contributed by atoms with Crippen LogP contribution in [0.5, 0.6) is 0 Å². The van der Waals surface area contributed by atoms with E-state index >= 15 is 0 Å². The first-order chi connectivity index (χ1) is 6.53. The largest absolute Gasteiger partial charge is 0.288 e. The molecule has 2 nitrogen and oxygen atoms in total. The Hall–Kier alpha value is -0.550. The van der Waals surface area contributed by atoms with Gasteiger partial charge in [0.1, 0.15) is 0 Å². The number of hydrogen-bond acceptors (Lipinski definition) is 2. The van der Waals surface area contributed by atoms with Crippen LogP contribution in [0.4, 0.5) is 0 Å². The molecule has 0 radical (unpaired) electrons. The van der Waals surface area contributed by atoms with Crippen molar-refractivity contribution >= 4 is 0 Å². The molecule has 1 rings (SSSR count). The molecule has 0 unspecified atom stereocenters. The van der Waals surface area contributed by atoms with Crippen molar-refractivity contribution in [2.75, 3.05) is 13.1 Å². The van der Waals surface area contributed by atoms with E-state index in [1.807, 2.05) is 0 Å². The van der Waals surface area contributed by atoms with E-state index in [4.69, 9.17) is 5.26 Å². The van der Waals surface area contributed by atoms with Gasteiger partial charge >= 0.3 is 0 Å². The molecule has 1 heterocycles. The number of nitriles is 1. The third-order valence-corrected chi connectivity index (χ3v) is 2.87. The van der Waals surface area contributed by atoms with Gasteiger partial charge in [-0.15, -0.1) is 0 Å². The Morgan fingerprint density at radius 3 is 2.64 bits per heavy atom. The highest BCUT2D eigenvalue weighted by Crippen LogP contribution is 2.28. The van der Waals surface area contributed by atoms with Crippen molar-refractivity contribution in [3.63, 3.8) is 0 Å². The smallest absolute Gasteiger partial charge is 0.0868 e. The van der Waals surface area contributed by atoms with E-state index in [1.54, 1.807) is 0 Å². The highest BCUT2D eigenvalue weighted by molar-refractivity contribution is 4.86. The molecule has 14 heavy (non-hydrogen) atoms. The van der Waals surface area contributed by atoms with Crippen LogP contribution in [-0.4, -0.2) is 24.0 Å². The van der Waals surface area contributed by atoms with E-state index < -0.39 is 0 Å². The van der Waals surface area contributed by atoms with Crippen molar-refractivity contribution in [1.82, 2.24) is 4.90 Å². The predicted molar refractivity (Wildman–Crippen MR) is 58.9 cm³/mol. The fraction of sp³-hybridized carbons (Fsp3) is 0.917. The van der Waals surface area contributed by atoms with Gasteiger partial charge in [0.05, 0.1) is 12.6 Å². The lowest BCUT2D eigenvalue weighted by Crippen LogP contribution is -2.41. The topological polar surface area (TPSA) is 27.0 Å². The van der Waals surface area contributed by atoms with Crippen LogP contribution in [0.15, 0.2) is 0 Å². The zero-order valence-corrected chi connectivity index (χ0v) is 9.71. The summed E-state index contributed by atoms with van der Waals surface area (Å²) in [6, 6.07) is 2.92. The molecule has 2 heteroatoms. The molecule has 80 valence electrons. The fourth-order valence-electron chi connectivity index (χ4n) is 2.30. The molecule has 0 aliphatic carbocycles. The summed E-state index contributed by atoms with van der Waals surface area (Å²) in [5.41, 5.74) is 0.385. The molecule has 0 aromatic carbocycles. The van der Waals surface area contributed by atoms with Gasteiger partial charge in [-0.2, -0.15) is 5.26 Å². The summed E-state index contributed by atoms with van der Waals surface area (Å²) in [6.45, 7) is 8.58. The van der Waals surface area contributed by atoms with E-state index in [1.165, 1.54) is 25.7 Å². The van der Waals surface area contributed by atoms with Crippen LogP contribution in [0.25, 0.3) is 0 Å². The maximum atomic E-state index is 8.74. The molecule has 0 aromatic rings. The van der Waals surface area contributed by atoms with E-state index in [2.05, 4.69) is 31.7 Å². The van der Waals surface area contributed by atoms with Gasteiger partial charge in [-0.05, 0) is 31.2 Å². The molecule has 0 N–H and O–H groups in total. The van der Waals surface area contributed by atoms with Gasteiger partial charge < -0.3 is 0 Å². The van der Waals surface area contributed by atoms with Crippen LogP contribution in [0.2, 0.25) is 0 Å². The molecule has 1 saturated heterocycles. The van der Waals surface area contributed by atoms with E-state index in [0.29, 0.717) is 18.0 Å². The van der Waals surface area contributed by atoms with Crippen LogP contribution in [-0.2, 0) is 0 Å². The molecular weight excluding hydrogens is 172 g/mol. The highest BCUT2D eigenvalue weighted by atomic mass is 15.2. The Bertz CT molecular complexity index is 209. The minimum atomic E-state index is 0.385. The Morgan fingerprint density at radius 1 is 1.36 bits per heavy atom. The number of nitrogens with zero attached hydrogens (tertiary/aromatic N) is 2. The number of hydrogen-bond donors (Lipinski definition) is 0. The number of rotatable bonds is 2. The van der Waals surface area contributed by atoms with Gasteiger partial charge in [0.2, 0.25) is 0 Å². The highest BCUT2D eigenvalue weighted by Gasteiger charge is 2.26. The van der Waals surface area contributed by atoms with Crippen LogP contribution in [0, 0.1) is 16.7 Å². The van der Waals surface area contributed by atoms with E-state index in [0.717, 1.165) is 6.54 Å². The zero-order valence-electron chi connectivity index (χ0n) is 9.71. The summed E-state index contributed by atoms with van der Waals surface area (Å²) in [5.74, 6) is 0. The molecule has 1 aliphatic rings. The van der Waals surface area contributed by atoms with Crippen molar-refractivity contribution in [2.45, 2.75) is 52.5 Å². The number of piperidine rings is 1. The second-order valence-corrected chi connectivity index (χ2v) is 5.54. The predicted octanol–water partition coefficient (Wildman–Crippen LogP) is 2.80. The first kappa shape index (κ1) is 11.5. The monoisotopic (exact) mass is 194 g/mol. The van der Waals surface area contributed by atoms with Crippen molar-refractivity contribution < 1.29 is 0 Å². The maximum Gasteiger partial charge on any atom is 0.0868 e. The second kappa shape index (κ2) is 4.79. The standard InChI is InChI=1S/C12H22N2/c1-12(2,3)10-11-6-4-5-8-14(11)9-7-13/h11H,4-6,8-10H2,1-3H3/t11-/m1/s1. The number of likely N-dealkylation sites (tertiary alicyclic amines) is 1. The van der Waals surface area contributed by atoms with Crippen LogP contribution in [0.1, 0.15) is 46.5 Å². The normalized spacial score (nSPS) is 24.6. The lowest BCUT2D eigenvalue weighted by Gasteiger charge is -2.37. The third-order valence-electron chi connectivity index (χ3n) is 2.87. The van der Waals surface area contributed by atoms with Gasteiger partial charge in [-0.1, -0.05) is 27.2 Å². The Kier molecular flexibility index (Phi) is 3.95. The van der Waals surface area contributed by atoms with Gasteiger partial charge in [0.25, 0.3) is 0 Å². The molecule has 0 bridgehead atoms. The Labute approximate surface area is 87.9 Å². The SMILES string of the molecule is CC(C)(C)C[C@H]1CCCCN1CC#N. The molecule has 0 amide bonds.